The summed E-state index contributed by atoms with van der Waals surface area (Å²) in [6.45, 7) is 4.03. The molecule has 20 heavy (non-hydrogen) atoms. The number of carbonyl (C=O) groups is 1. The second kappa shape index (κ2) is 6.01. The lowest BCUT2D eigenvalue weighted by Crippen LogP contribution is -2.30. The molecular formula is C15H14ClFN2O. The average molecular weight is 293 g/mol. The lowest BCUT2D eigenvalue weighted by molar-refractivity contribution is 0.0988. The third-order valence-electron chi connectivity index (χ3n) is 2.85. The predicted molar refractivity (Wildman–Crippen MR) is 77.7 cm³/mol. The number of benzene rings is 1. The Morgan fingerprint density at radius 3 is 2.70 bits per heavy atom. The van der Waals surface area contributed by atoms with E-state index >= 15 is 0 Å². The fraction of sp³-hybridized carbons (Fsp3) is 0.200. The van der Waals surface area contributed by atoms with Crippen molar-refractivity contribution >= 4 is 23.2 Å². The molecule has 2 rings (SSSR count). The van der Waals surface area contributed by atoms with Crippen LogP contribution in [0.1, 0.15) is 23.0 Å². The Bertz CT molecular complexity index is 625. The van der Waals surface area contributed by atoms with Gasteiger partial charge < -0.3 is 4.90 Å². The standard InChI is InChI=1S/C15H14ClFN2O/c1-3-19(13-6-4-5-12(17)9-13)15(20)11-7-10(2)18-14(16)8-11/h4-9H,3H2,1-2H3. The molecule has 0 fully saturated rings. The van der Waals surface area contributed by atoms with Crippen LogP contribution < -0.4 is 4.90 Å². The van der Waals surface area contributed by atoms with Crippen LogP contribution in [-0.2, 0) is 0 Å². The minimum atomic E-state index is -0.377. The van der Waals surface area contributed by atoms with Crippen LogP contribution in [0.15, 0.2) is 36.4 Å². The van der Waals surface area contributed by atoms with Gasteiger partial charge in [-0.2, -0.15) is 0 Å². The Morgan fingerprint density at radius 1 is 1.35 bits per heavy atom. The van der Waals surface area contributed by atoms with Gasteiger partial charge in [0.25, 0.3) is 5.91 Å². The van der Waals surface area contributed by atoms with Crippen molar-refractivity contribution in [3.8, 4) is 0 Å². The van der Waals surface area contributed by atoms with Gasteiger partial charge >= 0.3 is 0 Å². The molecular weight excluding hydrogens is 279 g/mol. The first-order chi connectivity index (χ1) is 9.51. The molecule has 5 heteroatoms. The number of halogens is 2. The minimum Gasteiger partial charge on any atom is -0.309 e. The summed E-state index contributed by atoms with van der Waals surface area (Å²) < 4.78 is 13.3. The molecule has 104 valence electrons. The SMILES string of the molecule is CCN(C(=O)c1cc(C)nc(Cl)c1)c1cccc(F)c1. The summed E-state index contributed by atoms with van der Waals surface area (Å²) in [5.41, 5.74) is 1.62. The van der Waals surface area contributed by atoms with Gasteiger partial charge in [0, 0.05) is 23.5 Å². The van der Waals surface area contributed by atoms with Gasteiger partial charge in [-0.1, -0.05) is 17.7 Å². The van der Waals surface area contributed by atoms with Crippen molar-refractivity contribution in [2.45, 2.75) is 13.8 Å². The van der Waals surface area contributed by atoms with Gasteiger partial charge in [-0.15, -0.1) is 0 Å². The Labute approximate surface area is 122 Å². The van der Waals surface area contributed by atoms with Crippen LogP contribution in [0.4, 0.5) is 10.1 Å². The molecule has 0 aliphatic heterocycles. The van der Waals surface area contributed by atoms with Gasteiger partial charge in [-0.3, -0.25) is 4.79 Å². The van der Waals surface area contributed by atoms with Gasteiger partial charge in [0.15, 0.2) is 0 Å². The average Bonchev–Trinajstić information content (AvgIpc) is 2.38. The summed E-state index contributed by atoms with van der Waals surface area (Å²) in [6, 6.07) is 9.12. The molecule has 0 saturated carbocycles. The van der Waals surface area contributed by atoms with Crippen molar-refractivity contribution in [2.75, 3.05) is 11.4 Å². The molecule has 0 spiro atoms. The second-order valence-electron chi connectivity index (χ2n) is 4.35. The number of anilines is 1. The highest BCUT2D eigenvalue weighted by atomic mass is 35.5. The zero-order chi connectivity index (χ0) is 14.7. The molecule has 0 N–H and O–H groups in total. The first-order valence-electron chi connectivity index (χ1n) is 6.23. The summed E-state index contributed by atoms with van der Waals surface area (Å²) in [5.74, 6) is -0.608. The van der Waals surface area contributed by atoms with Crippen LogP contribution in [-0.4, -0.2) is 17.4 Å². The minimum absolute atomic E-state index is 0.231. The summed E-state index contributed by atoms with van der Waals surface area (Å²) in [6.07, 6.45) is 0. The number of aromatic nitrogens is 1. The quantitative estimate of drug-likeness (QED) is 0.805. The fourth-order valence-corrected chi connectivity index (χ4v) is 2.25. The van der Waals surface area contributed by atoms with Crippen molar-refractivity contribution in [2.24, 2.45) is 0 Å². The summed E-state index contributed by atoms with van der Waals surface area (Å²) >= 11 is 5.87. The van der Waals surface area contributed by atoms with Crippen LogP contribution in [0, 0.1) is 12.7 Å². The number of pyridine rings is 1. The Morgan fingerprint density at radius 2 is 2.10 bits per heavy atom. The van der Waals surface area contributed by atoms with Gasteiger partial charge in [0.1, 0.15) is 11.0 Å². The van der Waals surface area contributed by atoms with Crippen molar-refractivity contribution in [3.05, 3.63) is 58.6 Å². The third kappa shape index (κ3) is 3.14. The number of rotatable bonds is 3. The molecule has 0 saturated heterocycles. The van der Waals surface area contributed by atoms with E-state index in [9.17, 15) is 9.18 Å². The van der Waals surface area contributed by atoms with Gasteiger partial charge in [-0.05, 0) is 44.2 Å². The van der Waals surface area contributed by atoms with E-state index in [1.165, 1.54) is 23.1 Å². The Balaban J connectivity index is 2.38. The number of carbonyl (C=O) groups excluding carboxylic acids is 1. The highest BCUT2D eigenvalue weighted by Crippen LogP contribution is 2.19. The van der Waals surface area contributed by atoms with Crippen LogP contribution in [0.2, 0.25) is 5.15 Å². The maximum Gasteiger partial charge on any atom is 0.258 e. The summed E-state index contributed by atoms with van der Waals surface area (Å²) in [7, 11) is 0. The molecule has 0 radical (unpaired) electrons. The molecule has 3 nitrogen and oxygen atoms in total. The molecule has 0 aliphatic rings. The normalized spacial score (nSPS) is 10.4. The van der Waals surface area contributed by atoms with E-state index in [-0.39, 0.29) is 16.9 Å². The molecule has 1 aromatic carbocycles. The number of aryl methyl sites for hydroxylation is 1. The molecule has 0 atom stereocenters. The topological polar surface area (TPSA) is 33.2 Å². The van der Waals surface area contributed by atoms with Gasteiger partial charge in [0.05, 0.1) is 0 Å². The highest BCUT2D eigenvalue weighted by Gasteiger charge is 2.17. The van der Waals surface area contributed by atoms with Crippen molar-refractivity contribution in [3.63, 3.8) is 0 Å². The second-order valence-corrected chi connectivity index (χ2v) is 4.74. The maximum absolute atomic E-state index is 13.3. The number of nitrogens with zero attached hydrogens (tertiary/aromatic N) is 2. The van der Waals surface area contributed by atoms with Crippen LogP contribution in [0.3, 0.4) is 0 Å². The Kier molecular flexibility index (Phi) is 4.35. The molecule has 0 aliphatic carbocycles. The molecule has 1 amide bonds. The Hall–Kier alpha value is -1.94. The lowest BCUT2D eigenvalue weighted by Gasteiger charge is -2.21. The first-order valence-corrected chi connectivity index (χ1v) is 6.60. The van der Waals surface area contributed by atoms with E-state index in [0.29, 0.717) is 23.5 Å². The van der Waals surface area contributed by atoms with Gasteiger partial charge in [0.2, 0.25) is 0 Å². The maximum atomic E-state index is 13.3. The van der Waals surface area contributed by atoms with E-state index in [1.807, 2.05) is 6.92 Å². The number of hydrogen-bond donors (Lipinski definition) is 0. The predicted octanol–water partition coefficient (Wildman–Crippen LogP) is 3.85. The fourth-order valence-electron chi connectivity index (χ4n) is 1.99. The van der Waals surface area contributed by atoms with Crippen LogP contribution in [0.5, 0.6) is 0 Å². The third-order valence-corrected chi connectivity index (χ3v) is 3.04. The van der Waals surface area contributed by atoms with E-state index in [1.54, 1.807) is 25.1 Å². The molecule has 0 unspecified atom stereocenters. The molecule has 1 heterocycles. The van der Waals surface area contributed by atoms with Gasteiger partial charge in [-0.25, -0.2) is 9.37 Å². The number of amides is 1. The van der Waals surface area contributed by atoms with Crippen LogP contribution >= 0.6 is 11.6 Å². The summed E-state index contributed by atoms with van der Waals surface area (Å²) in [5, 5.41) is 0.267. The zero-order valence-corrected chi connectivity index (χ0v) is 12.0. The summed E-state index contributed by atoms with van der Waals surface area (Å²) in [4.78, 5) is 18.0. The van der Waals surface area contributed by atoms with E-state index < -0.39 is 0 Å². The number of hydrogen-bond acceptors (Lipinski definition) is 2. The van der Waals surface area contributed by atoms with Crippen molar-refractivity contribution in [1.29, 1.82) is 0 Å². The van der Waals surface area contributed by atoms with E-state index in [4.69, 9.17) is 11.6 Å². The highest BCUT2D eigenvalue weighted by molar-refractivity contribution is 6.29. The monoisotopic (exact) mass is 292 g/mol. The smallest absolute Gasteiger partial charge is 0.258 e. The zero-order valence-electron chi connectivity index (χ0n) is 11.2. The van der Waals surface area contributed by atoms with Crippen molar-refractivity contribution in [1.82, 2.24) is 4.98 Å². The molecule has 0 bridgehead atoms. The first kappa shape index (κ1) is 14.5. The van der Waals surface area contributed by atoms with E-state index in [0.717, 1.165) is 0 Å². The van der Waals surface area contributed by atoms with E-state index in [2.05, 4.69) is 4.98 Å². The van der Waals surface area contributed by atoms with Crippen LogP contribution in [0.25, 0.3) is 0 Å². The lowest BCUT2D eigenvalue weighted by atomic mass is 10.2. The molecule has 1 aromatic heterocycles. The largest absolute Gasteiger partial charge is 0.309 e. The molecule has 2 aromatic rings. The van der Waals surface area contributed by atoms with Crippen molar-refractivity contribution < 1.29 is 9.18 Å².